The van der Waals surface area contributed by atoms with Crippen LogP contribution in [-0.4, -0.2) is 30.9 Å². The predicted octanol–water partition coefficient (Wildman–Crippen LogP) is 1.28. The number of carbonyl (C=O) groups excluding carboxylic acids is 1. The number of hydrogen-bond donors (Lipinski definition) is 1. The average Bonchev–Trinajstić information content (AvgIpc) is 2.18. The van der Waals surface area contributed by atoms with Crippen molar-refractivity contribution in [3.8, 4) is 0 Å². The Balaban J connectivity index is 3.08. The van der Waals surface area contributed by atoms with Gasteiger partial charge in [0.15, 0.2) is 0 Å². The first-order valence-electron chi connectivity index (χ1n) is 5.41. The average molecular weight is 207 g/mol. The molecule has 1 N–H and O–H groups in total. The Kier molecular flexibility index (Phi) is 3.86. The maximum atomic E-state index is 11.8. The molecule has 3 nitrogen and oxygen atoms in total. The molecule has 0 aliphatic carbocycles. The number of aliphatic hydroxyl groups excluding tert-OH is 1. The third-order valence-corrected chi connectivity index (χ3v) is 2.89. The Bertz CT molecular complexity index is 323. The van der Waals surface area contributed by atoms with E-state index in [2.05, 4.69) is 4.99 Å². The highest BCUT2D eigenvalue weighted by molar-refractivity contribution is 6.80. The van der Waals surface area contributed by atoms with Crippen LogP contribution in [-0.2, 0) is 4.79 Å². The van der Waals surface area contributed by atoms with E-state index in [0.29, 0.717) is 13.7 Å². The minimum atomic E-state index is -0.322. The van der Waals surface area contributed by atoms with Gasteiger partial charge in [0.2, 0.25) is 7.28 Å². The van der Waals surface area contributed by atoms with E-state index in [1.807, 2.05) is 20.8 Å². The van der Waals surface area contributed by atoms with E-state index in [1.54, 1.807) is 6.21 Å². The lowest BCUT2D eigenvalue weighted by atomic mass is 9.45. The molecule has 0 spiro atoms. The number of allylic oxidation sites excluding steroid dienone is 2. The van der Waals surface area contributed by atoms with Crippen LogP contribution in [0.2, 0.25) is 5.31 Å². The van der Waals surface area contributed by atoms with E-state index in [1.165, 1.54) is 0 Å². The molecule has 4 heteroatoms. The van der Waals surface area contributed by atoms with Crippen LogP contribution in [0.3, 0.4) is 0 Å². The maximum absolute atomic E-state index is 11.8. The highest BCUT2D eigenvalue weighted by atomic mass is 16.3. The third-order valence-electron chi connectivity index (χ3n) is 2.89. The monoisotopic (exact) mass is 207 g/mol. The molecule has 0 saturated heterocycles. The van der Waals surface area contributed by atoms with Gasteiger partial charge < -0.3 is 9.90 Å². The fourth-order valence-corrected chi connectivity index (χ4v) is 2.02. The van der Waals surface area contributed by atoms with Gasteiger partial charge in [-0.1, -0.05) is 13.8 Å². The van der Waals surface area contributed by atoms with Crippen LogP contribution in [0.5, 0.6) is 0 Å². The number of aliphatic imine (C=N–C) groups is 1. The van der Waals surface area contributed by atoms with Crippen molar-refractivity contribution in [2.24, 2.45) is 4.99 Å². The van der Waals surface area contributed by atoms with Crippen molar-refractivity contribution in [2.75, 3.05) is 6.61 Å². The first-order valence-corrected chi connectivity index (χ1v) is 5.41. The van der Waals surface area contributed by atoms with Gasteiger partial charge in [-0.25, -0.2) is 0 Å². The molecule has 0 aromatic carbocycles. The summed E-state index contributed by atoms with van der Waals surface area (Å²) >= 11 is 0. The number of aliphatic hydroxyl groups is 1. The fourth-order valence-electron chi connectivity index (χ4n) is 2.02. The molecule has 0 unspecified atom stereocenters. The van der Waals surface area contributed by atoms with Gasteiger partial charge in [-0.2, -0.15) is 0 Å². The van der Waals surface area contributed by atoms with Gasteiger partial charge in [0.05, 0.1) is 0 Å². The molecule has 0 aromatic heterocycles. The summed E-state index contributed by atoms with van der Waals surface area (Å²) < 4.78 is 0. The molecule has 0 fully saturated rings. The molecular weight excluding hydrogens is 189 g/mol. The van der Waals surface area contributed by atoms with E-state index in [0.717, 1.165) is 17.7 Å². The van der Waals surface area contributed by atoms with E-state index in [-0.39, 0.29) is 17.6 Å². The van der Waals surface area contributed by atoms with Gasteiger partial charge in [0.25, 0.3) is 0 Å². The molecular formula is C11H18BNO2. The smallest absolute Gasteiger partial charge is 0.220 e. The van der Waals surface area contributed by atoms with Crippen LogP contribution in [0, 0.1) is 0 Å². The lowest BCUT2D eigenvalue weighted by molar-refractivity contribution is -0.109. The summed E-state index contributed by atoms with van der Waals surface area (Å²) in [5, 5.41) is 8.96. The van der Waals surface area contributed by atoms with E-state index in [4.69, 9.17) is 0 Å². The largest absolute Gasteiger partial charge is 0.397 e. The Labute approximate surface area is 91.5 Å². The van der Waals surface area contributed by atoms with Gasteiger partial charge in [-0.3, -0.25) is 4.99 Å². The Hall–Kier alpha value is -0.895. The summed E-state index contributed by atoms with van der Waals surface area (Å²) in [7, 11) is 0.440. The molecule has 82 valence electrons. The number of carbonyl (C=O) groups is 1. The first kappa shape index (κ1) is 12.2. The highest BCUT2D eigenvalue weighted by Gasteiger charge is 2.36. The lowest BCUT2D eigenvalue weighted by Crippen LogP contribution is -2.34. The standard InChI is InChI=1S/C11H18BNO2/c1-4-8-9(13-5-2)6-11(3,7-14)12-10(8)15/h5,12,14H,4,6-7H2,1-3H3/b13-5-/t11-/m0/s1. The SMILES string of the molecule is C/C=N\C1=C(CC)C(=O)B[C@](C)(CO)C1. The second-order valence-electron chi connectivity index (χ2n) is 4.41. The molecule has 0 aromatic rings. The predicted molar refractivity (Wildman–Crippen MR) is 63.7 cm³/mol. The summed E-state index contributed by atoms with van der Waals surface area (Å²) in [5.41, 5.74) is 1.83. The quantitative estimate of drug-likeness (QED) is 0.559. The van der Waals surface area contributed by atoms with Crippen LogP contribution in [0.25, 0.3) is 0 Å². The van der Waals surface area contributed by atoms with Gasteiger partial charge in [-0.05, 0) is 25.1 Å². The zero-order valence-corrected chi connectivity index (χ0v) is 9.71. The van der Waals surface area contributed by atoms with E-state index < -0.39 is 0 Å². The number of rotatable bonds is 3. The van der Waals surface area contributed by atoms with Crippen LogP contribution < -0.4 is 0 Å². The molecule has 15 heavy (non-hydrogen) atoms. The summed E-state index contributed by atoms with van der Waals surface area (Å²) in [5.74, 6) is 0. The van der Waals surface area contributed by atoms with Crippen molar-refractivity contribution in [3.63, 3.8) is 0 Å². The van der Waals surface area contributed by atoms with E-state index in [9.17, 15) is 9.90 Å². The van der Waals surface area contributed by atoms with Crippen molar-refractivity contribution in [2.45, 2.75) is 38.9 Å². The molecule has 1 atom stereocenters. The molecule has 0 bridgehead atoms. The Morgan fingerprint density at radius 1 is 1.67 bits per heavy atom. The number of nitrogens with zero attached hydrogens (tertiary/aromatic N) is 1. The van der Waals surface area contributed by atoms with Gasteiger partial charge in [0.1, 0.15) is 5.68 Å². The Morgan fingerprint density at radius 3 is 2.80 bits per heavy atom. The second-order valence-corrected chi connectivity index (χ2v) is 4.41. The lowest BCUT2D eigenvalue weighted by Gasteiger charge is -2.31. The summed E-state index contributed by atoms with van der Waals surface area (Å²) in [6, 6.07) is 0. The second kappa shape index (κ2) is 4.75. The number of hydrogen-bond acceptors (Lipinski definition) is 3. The molecule has 0 saturated carbocycles. The van der Waals surface area contributed by atoms with E-state index >= 15 is 0 Å². The highest BCUT2D eigenvalue weighted by Crippen LogP contribution is 2.38. The molecule has 1 aliphatic heterocycles. The van der Waals surface area contributed by atoms with Crippen molar-refractivity contribution >= 4 is 19.2 Å². The normalized spacial score (nSPS) is 27.3. The molecule has 1 rings (SSSR count). The third kappa shape index (κ3) is 2.56. The molecule has 1 aliphatic rings. The molecule has 0 amide bonds. The van der Waals surface area contributed by atoms with Crippen molar-refractivity contribution in [3.05, 3.63) is 11.3 Å². The Morgan fingerprint density at radius 2 is 2.33 bits per heavy atom. The van der Waals surface area contributed by atoms with Crippen molar-refractivity contribution in [1.82, 2.24) is 0 Å². The van der Waals surface area contributed by atoms with Crippen LogP contribution in [0.15, 0.2) is 16.3 Å². The van der Waals surface area contributed by atoms with Gasteiger partial charge in [0, 0.05) is 24.1 Å². The maximum Gasteiger partial charge on any atom is 0.220 e. The first-order chi connectivity index (χ1) is 7.06. The zero-order valence-electron chi connectivity index (χ0n) is 9.71. The van der Waals surface area contributed by atoms with Crippen molar-refractivity contribution in [1.29, 1.82) is 0 Å². The minimum Gasteiger partial charge on any atom is -0.397 e. The molecule has 0 radical (unpaired) electrons. The minimum absolute atomic E-state index is 0.0401. The summed E-state index contributed by atoms with van der Waals surface area (Å²) in [4.78, 5) is 16.1. The fraction of sp³-hybridized carbons (Fsp3) is 0.636. The van der Waals surface area contributed by atoms with Crippen LogP contribution in [0.1, 0.15) is 33.6 Å². The summed E-state index contributed by atoms with van der Waals surface area (Å²) in [6.45, 7) is 5.79. The van der Waals surface area contributed by atoms with Crippen LogP contribution >= 0.6 is 0 Å². The van der Waals surface area contributed by atoms with Gasteiger partial charge in [-0.15, -0.1) is 0 Å². The van der Waals surface area contributed by atoms with Crippen molar-refractivity contribution < 1.29 is 9.90 Å². The topological polar surface area (TPSA) is 49.7 Å². The van der Waals surface area contributed by atoms with Gasteiger partial charge >= 0.3 is 0 Å². The van der Waals surface area contributed by atoms with Crippen LogP contribution in [0.4, 0.5) is 0 Å². The molecule has 1 heterocycles. The zero-order chi connectivity index (χ0) is 11.5. The summed E-state index contributed by atoms with van der Waals surface area (Å²) in [6.07, 6.45) is 3.14.